The smallest absolute Gasteiger partial charge is 0.0594 e. The molecular formula is C14H22N2O. The van der Waals surface area contributed by atoms with Crippen LogP contribution in [0.15, 0.2) is 24.3 Å². The molecule has 2 rings (SSSR count). The van der Waals surface area contributed by atoms with Crippen molar-refractivity contribution in [3.63, 3.8) is 0 Å². The van der Waals surface area contributed by atoms with Crippen LogP contribution < -0.4 is 5.73 Å². The van der Waals surface area contributed by atoms with E-state index >= 15 is 0 Å². The summed E-state index contributed by atoms with van der Waals surface area (Å²) in [4.78, 5) is 2.43. The Balaban J connectivity index is 2.18. The van der Waals surface area contributed by atoms with Gasteiger partial charge in [0.2, 0.25) is 0 Å². The Bertz CT molecular complexity index is 342. The number of ether oxygens (including phenoxy) is 1. The van der Waals surface area contributed by atoms with Crippen LogP contribution >= 0.6 is 0 Å². The molecule has 0 bridgehead atoms. The van der Waals surface area contributed by atoms with Gasteiger partial charge in [-0.25, -0.2) is 0 Å². The summed E-state index contributed by atoms with van der Waals surface area (Å²) in [6.45, 7) is 7.77. The highest BCUT2D eigenvalue weighted by Gasteiger charge is 2.25. The second kappa shape index (κ2) is 5.63. The minimum atomic E-state index is 0.135. The zero-order chi connectivity index (χ0) is 12.3. The van der Waals surface area contributed by atoms with Crippen LogP contribution in [0.2, 0.25) is 0 Å². The molecule has 94 valence electrons. The maximum absolute atomic E-state index is 6.16. The molecule has 0 aliphatic carbocycles. The van der Waals surface area contributed by atoms with Gasteiger partial charge in [0.05, 0.1) is 13.2 Å². The lowest BCUT2D eigenvalue weighted by atomic mass is 9.98. The highest BCUT2D eigenvalue weighted by atomic mass is 16.5. The molecule has 17 heavy (non-hydrogen) atoms. The van der Waals surface area contributed by atoms with Crippen molar-refractivity contribution in [2.75, 3.05) is 26.3 Å². The number of benzene rings is 1. The van der Waals surface area contributed by atoms with Crippen LogP contribution in [0.25, 0.3) is 0 Å². The molecule has 1 fully saturated rings. The zero-order valence-electron chi connectivity index (χ0n) is 10.7. The van der Waals surface area contributed by atoms with Crippen LogP contribution in [0.3, 0.4) is 0 Å². The third-order valence-corrected chi connectivity index (χ3v) is 3.36. The van der Waals surface area contributed by atoms with Crippen LogP contribution in [0.4, 0.5) is 0 Å². The Morgan fingerprint density at radius 1 is 1.18 bits per heavy atom. The van der Waals surface area contributed by atoms with Crippen molar-refractivity contribution in [3.8, 4) is 0 Å². The Morgan fingerprint density at radius 3 is 2.29 bits per heavy atom. The van der Waals surface area contributed by atoms with E-state index in [1.165, 1.54) is 11.1 Å². The standard InChI is InChI=1S/C14H22N2O/c1-11-3-5-13(6-4-11)14(12(2)15)16-7-9-17-10-8-16/h3-6,12,14H,7-10,15H2,1-2H3. The lowest BCUT2D eigenvalue weighted by Crippen LogP contribution is -2.45. The molecule has 1 saturated heterocycles. The summed E-state index contributed by atoms with van der Waals surface area (Å²) in [6.07, 6.45) is 0. The van der Waals surface area contributed by atoms with E-state index in [0.29, 0.717) is 6.04 Å². The first-order valence-electron chi connectivity index (χ1n) is 6.32. The Labute approximate surface area is 104 Å². The number of nitrogens with zero attached hydrogens (tertiary/aromatic N) is 1. The molecule has 0 spiro atoms. The van der Waals surface area contributed by atoms with Gasteiger partial charge in [-0.15, -0.1) is 0 Å². The monoisotopic (exact) mass is 234 g/mol. The fraction of sp³-hybridized carbons (Fsp3) is 0.571. The number of hydrogen-bond acceptors (Lipinski definition) is 3. The molecular weight excluding hydrogens is 212 g/mol. The Kier molecular flexibility index (Phi) is 4.15. The lowest BCUT2D eigenvalue weighted by Gasteiger charge is -2.37. The van der Waals surface area contributed by atoms with E-state index in [1.807, 2.05) is 0 Å². The first-order chi connectivity index (χ1) is 8.18. The normalized spacial score (nSPS) is 21.1. The van der Waals surface area contributed by atoms with Gasteiger partial charge >= 0.3 is 0 Å². The minimum Gasteiger partial charge on any atom is -0.379 e. The van der Waals surface area contributed by atoms with Crippen LogP contribution in [0.1, 0.15) is 24.1 Å². The van der Waals surface area contributed by atoms with E-state index in [-0.39, 0.29) is 6.04 Å². The second-order valence-corrected chi connectivity index (χ2v) is 4.86. The van der Waals surface area contributed by atoms with Gasteiger partial charge in [0.15, 0.2) is 0 Å². The third-order valence-electron chi connectivity index (χ3n) is 3.36. The fourth-order valence-corrected chi connectivity index (χ4v) is 2.47. The predicted molar refractivity (Wildman–Crippen MR) is 70.0 cm³/mol. The second-order valence-electron chi connectivity index (χ2n) is 4.86. The summed E-state index contributed by atoms with van der Waals surface area (Å²) in [5, 5.41) is 0. The van der Waals surface area contributed by atoms with E-state index in [0.717, 1.165) is 26.3 Å². The summed E-state index contributed by atoms with van der Waals surface area (Å²) in [5.74, 6) is 0. The van der Waals surface area contributed by atoms with Crippen LogP contribution in [0, 0.1) is 6.92 Å². The molecule has 3 nitrogen and oxygen atoms in total. The van der Waals surface area contributed by atoms with Gasteiger partial charge < -0.3 is 10.5 Å². The molecule has 1 aromatic rings. The molecule has 0 saturated carbocycles. The number of morpholine rings is 1. The van der Waals surface area contributed by atoms with Crippen molar-refractivity contribution in [2.24, 2.45) is 5.73 Å². The molecule has 1 aromatic carbocycles. The first kappa shape index (κ1) is 12.6. The predicted octanol–water partition coefficient (Wildman–Crippen LogP) is 1.72. The van der Waals surface area contributed by atoms with Gasteiger partial charge in [0.1, 0.15) is 0 Å². The van der Waals surface area contributed by atoms with Gasteiger partial charge in [0.25, 0.3) is 0 Å². The first-order valence-corrected chi connectivity index (χ1v) is 6.32. The van der Waals surface area contributed by atoms with E-state index < -0.39 is 0 Å². The van der Waals surface area contributed by atoms with Crippen molar-refractivity contribution in [2.45, 2.75) is 25.9 Å². The minimum absolute atomic E-state index is 0.135. The molecule has 0 amide bonds. The number of nitrogens with two attached hydrogens (primary N) is 1. The highest BCUT2D eigenvalue weighted by Crippen LogP contribution is 2.24. The maximum Gasteiger partial charge on any atom is 0.0594 e. The average molecular weight is 234 g/mol. The van der Waals surface area contributed by atoms with E-state index in [2.05, 4.69) is 43.0 Å². The average Bonchev–Trinajstić information content (AvgIpc) is 2.33. The fourth-order valence-electron chi connectivity index (χ4n) is 2.47. The van der Waals surface area contributed by atoms with Gasteiger partial charge in [-0.1, -0.05) is 29.8 Å². The molecule has 1 aliphatic rings. The van der Waals surface area contributed by atoms with Crippen molar-refractivity contribution in [1.29, 1.82) is 0 Å². The van der Waals surface area contributed by atoms with E-state index in [1.54, 1.807) is 0 Å². The molecule has 1 heterocycles. The van der Waals surface area contributed by atoms with Crippen molar-refractivity contribution < 1.29 is 4.74 Å². The zero-order valence-corrected chi connectivity index (χ0v) is 10.7. The molecule has 0 radical (unpaired) electrons. The number of rotatable bonds is 3. The molecule has 2 atom stereocenters. The molecule has 2 N–H and O–H groups in total. The Morgan fingerprint density at radius 2 is 1.76 bits per heavy atom. The highest BCUT2D eigenvalue weighted by molar-refractivity contribution is 5.25. The summed E-state index contributed by atoms with van der Waals surface area (Å²) in [5.41, 5.74) is 8.76. The van der Waals surface area contributed by atoms with Crippen molar-refractivity contribution in [3.05, 3.63) is 35.4 Å². The van der Waals surface area contributed by atoms with Crippen LogP contribution in [-0.4, -0.2) is 37.2 Å². The summed E-state index contributed by atoms with van der Waals surface area (Å²) < 4.78 is 5.40. The van der Waals surface area contributed by atoms with E-state index in [9.17, 15) is 0 Å². The topological polar surface area (TPSA) is 38.5 Å². The van der Waals surface area contributed by atoms with Crippen LogP contribution in [0.5, 0.6) is 0 Å². The van der Waals surface area contributed by atoms with Crippen molar-refractivity contribution >= 4 is 0 Å². The summed E-state index contributed by atoms with van der Waals surface area (Å²) in [7, 11) is 0. The van der Waals surface area contributed by atoms with Gasteiger partial charge in [0, 0.05) is 25.2 Å². The van der Waals surface area contributed by atoms with E-state index in [4.69, 9.17) is 10.5 Å². The Hall–Kier alpha value is -0.900. The third kappa shape index (κ3) is 3.06. The summed E-state index contributed by atoms with van der Waals surface area (Å²) in [6, 6.07) is 9.14. The SMILES string of the molecule is Cc1ccc(C(C(C)N)N2CCOCC2)cc1. The summed E-state index contributed by atoms with van der Waals surface area (Å²) >= 11 is 0. The van der Waals surface area contributed by atoms with Crippen molar-refractivity contribution in [1.82, 2.24) is 4.90 Å². The van der Waals surface area contributed by atoms with Gasteiger partial charge in [-0.3, -0.25) is 4.90 Å². The number of aryl methyl sites for hydroxylation is 1. The molecule has 1 aliphatic heterocycles. The van der Waals surface area contributed by atoms with Crippen LogP contribution in [-0.2, 0) is 4.74 Å². The largest absolute Gasteiger partial charge is 0.379 e. The van der Waals surface area contributed by atoms with Gasteiger partial charge in [-0.2, -0.15) is 0 Å². The van der Waals surface area contributed by atoms with Gasteiger partial charge in [-0.05, 0) is 19.4 Å². The quantitative estimate of drug-likeness (QED) is 0.865. The molecule has 0 aromatic heterocycles. The number of hydrogen-bond donors (Lipinski definition) is 1. The lowest BCUT2D eigenvalue weighted by molar-refractivity contribution is 0.0116. The maximum atomic E-state index is 6.16. The molecule has 3 heteroatoms. The molecule has 2 unspecified atom stereocenters.